The van der Waals surface area contributed by atoms with Crippen LogP contribution in [0, 0.1) is 13.8 Å². The molecule has 0 saturated carbocycles. The molecule has 0 unspecified atom stereocenters. The minimum atomic E-state index is 0.148. The average molecular weight is 1030 g/mol. The van der Waals surface area contributed by atoms with Crippen molar-refractivity contribution in [1.82, 2.24) is 28.9 Å². The summed E-state index contributed by atoms with van der Waals surface area (Å²) in [4.78, 5) is 45.3. The van der Waals surface area contributed by atoms with E-state index in [-0.39, 0.29) is 23.9 Å². The number of hydrogen-bond donors (Lipinski definition) is 0. The highest BCUT2D eigenvalue weighted by atomic mass is 16.5. The second-order valence-corrected chi connectivity index (χ2v) is 21.0. The van der Waals surface area contributed by atoms with Crippen LogP contribution in [-0.2, 0) is 31.9 Å². The number of carbonyl (C=O) groups excluding carboxylic acids is 2. The Bertz CT molecular complexity index is 2920. The molecular weight excluding hydrogens is 953 g/mol. The number of hydrogen-bond acceptors (Lipinski definition) is 10. The Hall–Kier alpha value is -7.16. The van der Waals surface area contributed by atoms with E-state index < -0.39 is 0 Å². The number of fused-ring (bicyclic) bond motifs is 2. The zero-order chi connectivity index (χ0) is 52.1. The van der Waals surface area contributed by atoms with Crippen LogP contribution in [0.2, 0.25) is 0 Å². The minimum absolute atomic E-state index is 0.148. The van der Waals surface area contributed by atoms with Gasteiger partial charge in [-0.3, -0.25) is 9.59 Å². The summed E-state index contributed by atoms with van der Waals surface area (Å²) in [5, 5.41) is 0. The summed E-state index contributed by atoms with van der Waals surface area (Å²) in [5.41, 5.74) is 15.5. The molecule has 2 amide bonds. The number of morpholine rings is 2. The largest absolute Gasteiger partial charge is 0.495 e. The molecule has 0 radical (unpaired) electrons. The molecule has 396 valence electrons. The second-order valence-electron chi connectivity index (χ2n) is 21.0. The number of carbonyl (C=O) groups is 2. The van der Waals surface area contributed by atoms with Crippen LogP contribution in [0.4, 0.5) is 11.4 Å². The lowest BCUT2D eigenvalue weighted by molar-refractivity contribution is -0.132. The maximum absolute atomic E-state index is 13.8. The Morgan fingerprint density at radius 3 is 1.36 bits per heavy atom. The Morgan fingerprint density at radius 1 is 0.526 bits per heavy atom. The van der Waals surface area contributed by atoms with Gasteiger partial charge in [-0.05, 0) is 172 Å². The molecule has 4 aliphatic heterocycles. The Balaban J connectivity index is 0.000000162. The molecule has 6 heterocycles. The van der Waals surface area contributed by atoms with Gasteiger partial charge in [0.05, 0.1) is 88.1 Å². The van der Waals surface area contributed by atoms with E-state index in [0.29, 0.717) is 0 Å². The summed E-state index contributed by atoms with van der Waals surface area (Å²) in [6, 6.07) is 26.2. The molecule has 0 spiro atoms. The Kier molecular flexibility index (Phi) is 15.4. The van der Waals surface area contributed by atoms with Gasteiger partial charge in [-0.25, -0.2) is 9.97 Å². The van der Waals surface area contributed by atoms with Crippen LogP contribution in [0.3, 0.4) is 0 Å². The predicted molar refractivity (Wildman–Crippen MR) is 298 cm³/mol. The number of benzene rings is 4. The summed E-state index contributed by atoms with van der Waals surface area (Å²) in [6.45, 7) is 12.5. The van der Waals surface area contributed by atoms with Gasteiger partial charge in [0.2, 0.25) is 11.8 Å². The predicted octanol–water partition coefficient (Wildman–Crippen LogP) is 10.2. The Labute approximate surface area is 447 Å². The normalized spacial score (nSPS) is 21.1. The number of likely N-dealkylation sites (tertiary alicyclic amines) is 2. The molecule has 14 heteroatoms. The third kappa shape index (κ3) is 10.9. The van der Waals surface area contributed by atoms with Crippen molar-refractivity contribution in [2.24, 2.45) is 0 Å². The van der Waals surface area contributed by atoms with Crippen LogP contribution in [0.25, 0.3) is 23.5 Å². The number of nitrogens with zero attached hydrogens (tertiary/aromatic N) is 8. The fraction of sp³-hybridized carbons (Fsp3) is 0.419. The van der Waals surface area contributed by atoms with E-state index in [1.54, 1.807) is 26.9 Å². The smallest absolute Gasteiger partial charge is 0.250 e. The number of anilines is 2. The van der Waals surface area contributed by atoms with Gasteiger partial charge < -0.3 is 47.7 Å². The zero-order valence-corrected chi connectivity index (χ0v) is 44.7. The van der Waals surface area contributed by atoms with Gasteiger partial charge in [-0.2, -0.15) is 0 Å². The molecule has 12 rings (SSSR count). The van der Waals surface area contributed by atoms with E-state index in [1.807, 2.05) is 71.8 Å². The van der Waals surface area contributed by atoms with Crippen LogP contribution in [0.15, 0.2) is 109 Å². The number of imidazole rings is 2. The van der Waals surface area contributed by atoms with Gasteiger partial charge in [0, 0.05) is 74.2 Å². The summed E-state index contributed by atoms with van der Waals surface area (Å²) in [5.74, 6) is 1.85. The van der Waals surface area contributed by atoms with Gasteiger partial charge in [-0.15, -0.1) is 0 Å². The van der Waals surface area contributed by atoms with Crippen LogP contribution < -0.4 is 19.3 Å². The quantitative estimate of drug-likeness (QED) is 0.123. The van der Waals surface area contributed by atoms with Gasteiger partial charge >= 0.3 is 0 Å². The first kappa shape index (κ1) is 51.0. The van der Waals surface area contributed by atoms with Gasteiger partial charge in [-0.1, -0.05) is 24.3 Å². The molecule has 0 N–H and O–H groups in total. The number of rotatable bonds is 10. The molecule has 2 atom stereocenters. The molecular formula is C62H72N8O6. The number of aromatic nitrogens is 4. The molecule has 2 aliphatic carbocycles. The SMILES string of the molecule is COc1cc(/C=C2\CCCN([C@@H]3CCCc4cc(N5CCOCC5)ccc43)C2=O)ccc1-n1cnc(C)c1.COc1cc(/C=C2\CCCN([C@H]3CCCc4cc(N5CCOCC5)ccc43)C2=O)ccc1-n1cnc(C)c1. The first-order valence-electron chi connectivity index (χ1n) is 27.5. The lowest BCUT2D eigenvalue weighted by atomic mass is 9.85. The van der Waals surface area contributed by atoms with Crippen molar-refractivity contribution in [3.63, 3.8) is 0 Å². The van der Waals surface area contributed by atoms with E-state index in [4.69, 9.17) is 18.9 Å². The molecule has 4 aromatic carbocycles. The zero-order valence-electron chi connectivity index (χ0n) is 44.7. The monoisotopic (exact) mass is 1020 g/mol. The van der Waals surface area contributed by atoms with Gasteiger partial charge in [0.15, 0.2) is 0 Å². The van der Waals surface area contributed by atoms with Crippen molar-refractivity contribution in [3.05, 3.63) is 154 Å². The fourth-order valence-electron chi connectivity index (χ4n) is 12.3. The second kappa shape index (κ2) is 23.0. The first-order chi connectivity index (χ1) is 37.2. The molecule has 76 heavy (non-hydrogen) atoms. The van der Waals surface area contributed by atoms with Gasteiger partial charge in [0.25, 0.3) is 0 Å². The van der Waals surface area contributed by atoms with Crippen molar-refractivity contribution in [3.8, 4) is 22.9 Å². The summed E-state index contributed by atoms with van der Waals surface area (Å²) >= 11 is 0. The number of aryl methyl sites for hydroxylation is 4. The van der Waals surface area contributed by atoms with Crippen LogP contribution in [0.5, 0.6) is 11.5 Å². The van der Waals surface area contributed by atoms with E-state index in [2.05, 4.69) is 78.1 Å². The van der Waals surface area contributed by atoms with Crippen LogP contribution >= 0.6 is 0 Å². The van der Waals surface area contributed by atoms with Crippen molar-refractivity contribution in [2.45, 2.75) is 90.1 Å². The summed E-state index contributed by atoms with van der Waals surface area (Å²) in [7, 11) is 3.36. The van der Waals surface area contributed by atoms with Crippen LogP contribution in [-0.4, -0.2) is 121 Å². The van der Waals surface area contributed by atoms with E-state index in [0.717, 1.165) is 186 Å². The highest BCUT2D eigenvalue weighted by Gasteiger charge is 2.35. The molecule has 4 saturated heterocycles. The number of piperidine rings is 2. The van der Waals surface area contributed by atoms with Crippen LogP contribution in [0.1, 0.15) is 108 Å². The minimum Gasteiger partial charge on any atom is -0.495 e. The van der Waals surface area contributed by atoms with Crippen molar-refractivity contribution >= 4 is 35.3 Å². The lowest BCUT2D eigenvalue weighted by Crippen LogP contribution is -2.41. The topological polar surface area (TPSA) is 120 Å². The molecule has 0 bridgehead atoms. The average Bonchev–Trinajstić information content (AvgIpc) is 4.12. The number of amides is 2. The first-order valence-corrected chi connectivity index (χ1v) is 27.5. The summed E-state index contributed by atoms with van der Waals surface area (Å²) < 4.78 is 26.4. The van der Waals surface area contributed by atoms with E-state index >= 15 is 0 Å². The highest BCUT2D eigenvalue weighted by Crippen LogP contribution is 2.41. The number of methoxy groups -OCH3 is 2. The van der Waals surface area contributed by atoms with Crippen molar-refractivity contribution in [1.29, 1.82) is 0 Å². The third-order valence-corrected chi connectivity index (χ3v) is 16.2. The Morgan fingerprint density at radius 2 is 0.961 bits per heavy atom. The maximum Gasteiger partial charge on any atom is 0.250 e. The molecule has 6 aliphatic rings. The van der Waals surface area contributed by atoms with E-state index in [1.165, 1.54) is 33.6 Å². The molecule has 6 aromatic rings. The highest BCUT2D eigenvalue weighted by molar-refractivity contribution is 5.99. The molecule has 4 fully saturated rings. The fourth-order valence-corrected chi connectivity index (χ4v) is 12.3. The molecule has 14 nitrogen and oxygen atoms in total. The lowest BCUT2D eigenvalue weighted by Gasteiger charge is -2.39. The van der Waals surface area contributed by atoms with Crippen molar-refractivity contribution in [2.75, 3.05) is 89.7 Å². The van der Waals surface area contributed by atoms with Gasteiger partial charge in [0.1, 0.15) is 11.5 Å². The number of ether oxygens (including phenoxy) is 4. The maximum atomic E-state index is 13.8. The summed E-state index contributed by atoms with van der Waals surface area (Å²) in [6.07, 6.45) is 21.6. The standard InChI is InChI=1S/2C31H36N4O3/c2*1-22-20-34(21-32-22)29-11-8-23(18-30(29)37-2)17-25-6-4-12-35(31(25)36)28-7-3-5-24-19-26(9-10-27(24)28)33-13-15-38-16-14-33/h2*8-11,17-21,28H,3-7,12-16H2,1-2H3/b2*25-17+/t2*28-/m10/s1. The van der Waals surface area contributed by atoms with E-state index in [9.17, 15) is 9.59 Å². The molecule has 2 aromatic heterocycles. The van der Waals surface area contributed by atoms with Crippen molar-refractivity contribution < 1.29 is 28.5 Å². The third-order valence-electron chi connectivity index (χ3n) is 16.2.